The van der Waals surface area contributed by atoms with Gasteiger partial charge in [0.1, 0.15) is 11.8 Å². The summed E-state index contributed by atoms with van der Waals surface area (Å²) in [6.07, 6.45) is 1.46. The van der Waals surface area contributed by atoms with E-state index >= 15 is 0 Å². The molecule has 0 spiro atoms. The van der Waals surface area contributed by atoms with Gasteiger partial charge in [-0.15, -0.1) is 0 Å². The molecule has 0 aliphatic heterocycles. The first-order chi connectivity index (χ1) is 5.27. The van der Waals surface area contributed by atoms with E-state index in [4.69, 9.17) is 11.6 Å². The number of rotatable bonds is 0. The van der Waals surface area contributed by atoms with Crippen molar-refractivity contribution in [3.63, 3.8) is 0 Å². The summed E-state index contributed by atoms with van der Waals surface area (Å²) < 4.78 is 0. The predicted molar refractivity (Wildman–Crippen MR) is 43.6 cm³/mol. The SMILES string of the molecule is Cc1cc2ncnc(Cl)c2[nH]1. The maximum absolute atomic E-state index is 5.79. The van der Waals surface area contributed by atoms with Gasteiger partial charge in [-0.25, -0.2) is 9.97 Å². The molecule has 0 saturated heterocycles. The van der Waals surface area contributed by atoms with Crippen molar-refractivity contribution in [2.75, 3.05) is 0 Å². The molecule has 1 N–H and O–H groups in total. The van der Waals surface area contributed by atoms with Crippen LogP contribution in [0.15, 0.2) is 12.4 Å². The van der Waals surface area contributed by atoms with Crippen LogP contribution >= 0.6 is 11.6 Å². The third kappa shape index (κ3) is 0.973. The third-order valence-electron chi connectivity index (χ3n) is 1.51. The van der Waals surface area contributed by atoms with Crippen LogP contribution in [-0.4, -0.2) is 15.0 Å². The minimum absolute atomic E-state index is 0.475. The molecule has 2 heterocycles. The first-order valence-corrected chi connectivity index (χ1v) is 3.61. The molecule has 2 aromatic rings. The molecule has 2 rings (SSSR count). The van der Waals surface area contributed by atoms with Crippen molar-refractivity contribution in [3.8, 4) is 0 Å². The van der Waals surface area contributed by atoms with Crippen molar-refractivity contribution in [1.82, 2.24) is 15.0 Å². The Morgan fingerprint density at radius 3 is 3.00 bits per heavy atom. The second-order valence-electron chi connectivity index (χ2n) is 2.38. The second kappa shape index (κ2) is 2.20. The summed E-state index contributed by atoms with van der Waals surface area (Å²) in [6.45, 7) is 1.96. The Balaban J connectivity index is 2.90. The molecule has 56 valence electrons. The molecule has 3 nitrogen and oxygen atoms in total. The van der Waals surface area contributed by atoms with E-state index in [0.29, 0.717) is 5.15 Å². The van der Waals surface area contributed by atoms with Gasteiger partial charge in [-0.3, -0.25) is 0 Å². The number of nitrogens with zero attached hydrogens (tertiary/aromatic N) is 2. The Morgan fingerprint density at radius 1 is 1.45 bits per heavy atom. The molecule has 2 aromatic heterocycles. The molecule has 11 heavy (non-hydrogen) atoms. The van der Waals surface area contributed by atoms with Crippen molar-refractivity contribution >= 4 is 22.6 Å². The van der Waals surface area contributed by atoms with Gasteiger partial charge >= 0.3 is 0 Å². The van der Waals surface area contributed by atoms with Crippen LogP contribution in [0.4, 0.5) is 0 Å². The lowest BCUT2D eigenvalue weighted by molar-refractivity contribution is 1.21. The van der Waals surface area contributed by atoms with Crippen molar-refractivity contribution < 1.29 is 0 Å². The fourth-order valence-corrected chi connectivity index (χ4v) is 1.23. The van der Waals surface area contributed by atoms with Crippen molar-refractivity contribution in [2.45, 2.75) is 6.92 Å². The van der Waals surface area contributed by atoms with E-state index in [-0.39, 0.29) is 0 Å². The number of fused-ring (bicyclic) bond motifs is 1. The Kier molecular flexibility index (Phi) is 1.32. The molecule has 4 heteroatoms. The second-order valence-corrected chi connectivity index (χ2v) is 2.74. The Hall–Kier alpha value is -1.09. The zero-order valence-corrected chi connectivity index (χ0v) is 6.68. The van der Waals surface area contributed by atoms with E-state index in [0.717, 1.165) is 16.7 Å². The fraction of sp³-hybridized carbons (Fsp3) is 0.143. The van der Waals surface area contributed by atoms with Crippen molar-refractivity contribution in [1.29, 1.82) is 0 Å². The van der Waals surface area contributed by atoms with Crippen LogP contribution in [0.25, 0.3) is 11.0 Å². The first kappa shape index (κ1) is 6.61. The minimum Gasteiger partial charge on any atom is -0.355 e. The average Bonchev–Trinajstić information content (AvgIpc) is 2.31. The van der Waals surface area contributed by atoms with Gasteiger partial charge in [-0.05, 0) is 13.0 Å². The molecule has 0 bridgehead atoms. The van der Waals surface area contributed by atoms with Crippen molar-refractivity contribution in [3.05, 3.63) is 23.2 Å². The molecule has 0 aromatic carbocycles. The zero-order valence-electron chi connectivity index (χ0n) is 5.93. The summed E-state index contributed by atoms with van der Waals surface area (Å²) in [4.78, 5) is 10.9. The zero-order chi connectivity index (χ0) is 7.84. The summed E-state index contributed by atoms with van der Waals surface area (Å²) in [7, 11) is 0. The monoisotopic (exact) mass is 167 g/mol. The third-order valence-corrected chi connectivity index (χ3v) is 1.79. The number of halogens is 1. The van der Waals surface area contributed by atoms with Gasteiger partial charge in [-0.2, -0.15) is 0 Å². The number of hydrogen-bond donors (Lipinski definition) is 1. The first-order valence-electron chi connectivity index (χ1n) is 3.23. The van der Waals surface area contributed by atoms with E-state index in [9.17, 15) is 0 Å². The van der Waals surface area contributed by atoms with E-state index < -0.39 is 0 Å². The highest BCUT2D eigenvalue weighted by atomic mass is 35.5. The van der Waals surface area contributed by atoms with Gasteiger partial charge in [0.05, 0.1) is 5.52 Å². The molecular formula is C7H6ClN3. The van der Waals surface area contributed by atoms with E-state index in [1.54, 1.807) is 0 Å². The standard InChI is InChI=1S/C7H6ClN3/c1-4-2-5-6(11-4)7(8)10-3-9-5/h2-3,11H,1H3. The van der Waals surface area contributed by atoms with Crippen LogP contribution in [0.3, 0.4) is 0 Å². The summed E-state index contributed by atoms with van der Waals surface area (Å²) in [5.41, 5.74) is 2.72. The largest absolute Gasteiger partial charge is 0.355 e. The number of hydrogen-bond acceptors (Lipinski definition) is 2. The lowest BCUT2D eigenvalue weighted by atomic mass is 10.4. The summed E-state index contributed by atoms with van der Waals surface area (Å²) in [6, 6.07) is 1.93. The number of nitrogens with one attached hydrogen (secondary N) is 1. The Morgan fingerprint density at radius 2 is 2.27 bits per heavy atom. The maximum atomic E-state index is 5.79. The van der Waals surface area contributed by atoms with E-state index in [2.05, 4.69) is 15.0 Å². The predicted octanol–water partition coefficient (Wildman–Crippen LogP) is 1.92. The van der Waals surface area contributed by atoms with Crippen LogP contribution < -0.4 is 0 Å². The fourth-order valence-electron chi connectivity index (χ4n) is 1.04. The highest BCUT2D eigenvalue weighted by Gasteiger charge is 2.02. The van der Waals surface area contributed by atoms with Crippen LogP contribution in [0, 0.1) is 6.92 Å². The normalized spacial score (nSPS) is 10.7. The van der Waals surface area contributed by atoms with Crippen LogP contribution in [0.5, 0.6) is 0 Å². The molecule has 0 radical (unpaired) electrons. The number of aromatic amines is 1. The van der Waals surface area contributed by atoms with Gasteiger partial charge in [0, 0.05) is 5.69 Å². The van der Waals surface area contributed by atoms with Crippen molar-refractivity contribution in [2.24, 2.45) is 0 Å². The number of aromatic nitrogens is 3. The van der Waals surface area contributed by atoms with Gasteiger partial charge in [-0.1, -0.05) is 11.6 Å². The quantitative estimate of drug-likeness (QED) is 0.609. The Labute approximate surface area is 68.4 Å². The van der Waals surface area contributed by atoms with Gasteiger partial charge < -0.3 is 4.98 Å². The number of H-pyrrole nitrogens is 1. The average molecular weight is 168 g/mol. The van der Waals surface area contributed by atoms with Gasteiger partial charge in [0.2, 0.25) is 0 Å². The molecule has 0 aliphatic rings. The minimum atomic E-state index is 0.475. The highest BCUT2D eigenvalue weighted by molar-refractivity contribution is 6.33. The smallest absolute Gasteiger partial charge is 0.156 e. The summed E-state index contributed by atoms with van der Waals surface area (Å²) in [5, 5.41) is 0.475. The molecular weight excluding hydrogens is 162 g/mol. The molecule has 0 aliphatic carbocycles. The molecule has 0 atom stereocenters. The Bertz CT molecular complexity index is 393. The molecule has 0 unspecified atom stereocenters. The van der Waals surface area contributed by atoms with E-state index in [1.165, 1.54) is 6.33 Å². The summed E-state index contributed by atoms with van der Waals surface area (Å²) >= 11 is 5.79. The molecule has 0 amide bonds. The van der Waals surface area contributed by atoms with Gasteiger partial charge in [0.15, 0.2) is 5.15 Å². The van der Waals surface area contributed by atoms with Gasteiger partial charge in [0.25, 0.3) is 0 Å². The topological polar surface area (TPSA) is 41.6 Å². The lowest BCUT2D eigenvalue weighted by Gasteiger charge is -1.88. The molecule has 0 fully saturated rings. The van der Waals surface area contributed by atoms with Crippen LogP contribution in [-0.2, 0) is 0 Å². The van der Waals surface area contributed by atoms with E-state index in [1.807, 2.05) is 13.0 Å². The van der Waals surface area contributed by atoms with Crippen LogP contribution in [0.1, 0.15) is 5.69 Å². The van der Waals surface area contributed by atoms with Crippen LogP contribution in [0.2, 0.25) is 5.15 Å². The number of aryl methyl sites for hydroxylation is 1. The molecule has 0 saturated carbocycles. The lowest BCUT2D eigenvalue weighted by Crippen LogP contribution is -1.79. The highest BCUT2D eigenvalue weighted by Crippen LogP contribution is 2.18. The maximum Gasteiger partial charge on any atom is 0.156 e. The summed E-state index contributed by atoms with van der Waals surface area (Å²) in [5.74, 6) is 0.